The molecule has 0 unspecified atom stereocenters. The lowest BCUT2D eigenvalue weighted by molar-refractivity contribution is 0.158. The van der Waals surface area contributed by atoms with Gasteiger partial charge in [-0.15, -0.1) is 0 Å². The second kappa shape index (κ2) is 4.79. The van der Waals surface area contributed by atoms with Crippen molar-refractivity contribution in [3.05, 3.63) is 30.3 Å². The molecule has 0 radical (unpaired) electrons. The standard InChI is InChI=1S/C9H12N2OS/c1-2-12-11(9(10)13)8-6-4-3-5-7-8/h3-7H,2H2,1H3,(H2,10,13). The average Bonchev–Trinajstić information content (AvgIpc) is 2.15. The first-order chi connectivity index (χ1) is 6.25. The van der Waals surface area contributed by atoms with Crippen molar-refractivity contribution in [2.24, 2.45) is 5.73 Å². The summed E-state index contributed by atoms with van der Waals surface area (Å²) in [5.74, 6) is 0. The molecule has 13 heavy (non-hydrogen) atoms. The van der Waals surface area contributed by atoms with E-state index in [-0.39, 0.29) is 5.11 Å². The Hall–Kier alpha value is -1.13. The van der Waals surface area contributed by atoms with Gasteiger partial charge >= 0.3 is 0 Å². The molecule has 2 N–H and O–H groups in total. The zero-order valence-corrected chi connectivity index (χ0v) is 8.25. The molecule has 0 amide bonds. The summed E-state index contributed by atoms with van der Waals surface area (Å²) in [7, 11) is 0. The molecule has 0 fully saturated rings. The smallest absolute Gasteiger partial charge is 0.195 e. The zero-order chi connectivity index (χ0) is 9.68. The van der Waals surface area contributed by atoms with Gasteiger partial charge in [-0.3, -0.25) is 4.84 Å². The van der Waals surface area contributed by atoms with Crippen LogP contribution in [0.15, 0.2) is 30.3 Å². The van der Waals surface area contributed by atoms with Crippen LogP contribution in [0.5, 0.6) is 0 Å². The van der Waals surface area contributed by atoms with Crippen molar-refractivity contribution >= 4 is 23.0 Å². The van der Waals surface area contributed by atoms with Crippen molar-refractivity contribution in [3.8, 4) is 0 Å². The normalized spacial score (nSPS) is 9.62. The minimum atomic E-state index is 0.216. The van der Waals surface area contributed by atoms with E-state index in [1.54, 1.807) is 0 Å². The van der Waals surface area contributed by atoms with Gasteiger partial charge in [-0.25, -0.2) is 0 Å². The summed E-state index contributed by atoms with van der Waals surface area (Å²) in [5.41, 5.74) is 6.33. The van der Waals surface area contributed by atoms with Crippen LogP contribution in [0.2, 0.25) is 0 Å². The molecule has 1 rings (SSSR count). The summed E-state index contributed by atoms with van der Waals surface area (Å²) < 4.78 is 0. The fraction of sp³-hybridized carbons (Fsp3) is 0.222. The van der Waals surface area contributed by atoms with E-state index in [0.717, 1.165) is 5.69 Å². The molecular weight excluding hydrogens is 184 g/mol. The molecule has 0 saturated carbocycles. The molecule has 0 aliphatic heterocycles. The highest BCUT2D eigenvalue weighted by Crippen LogP contribution is 2.12. The van der Waals surface area contributed by atoms with Crippen LogP contribution in [0.3, 0.4) is 0 Å². The Labute approximate surface area is 83.1 Å². The molecule has 0 aliphatic carbocycles. The molecule has 0 atom stereocenters. The van der Waals surface area contributed by atoms with Crippen LogP contribution in [-0.2, 0) is 4.84 Å². The Morgan fingerprint density at radius 3 is 2.54 bits per heavy atom. The average molecular weight is 196 g/mol. The number of hydrogen-bond donors (Lipinski definition) is 1. The number of para-hydroxylation sites is 1. The van der Waals surface area contributed by atoms with Crippen molar-refractivity contribution in [2.75, 3.05) is 11.7 Å². The first-order valence-electron chi connectivity index (χ1n) is 4.03. The van der Waals surface area contributed by atoms with E-state index in [0.29, 0.717) is 6.61 Å². The summed E-state index contributed by atoms with van der Waals surface area (Å²) >= 11 is 4.84. The number of hydrogen-bond acceptors (Lipinski definition) is 2. The molecular formula is C9H12N2OS. The molecule has 1 aromatic rings. The van der Waals surface area contributed by atoms with Gasteiger partial charge in [0.15, 0.2) is 5.11 Å². The summed E-state index contributed by atoms with van der Waals surface area (Å²) in [5, 5.41) is 1.66. The Bertz CT molecular complexity index is 276. The predicted molar refractivity (Wildman–Crippen MR) is 57.3 cm³/mol. The fourth-order valence-electron chi connectivity index (χ4n) is 0.958. The Morgan fingerprint density at radius 1 is 1.46 bits per heavy atom. The van der Waals surface area contributed by atoms with Gasteiger partial charge in [-0.05, 0) is 31.3 Å². The lowest BCUT2D eigenvalue weighted by Crippen LogP contribution is -2.35. The summed E-state index contributed by atoms with van der Waals surface area (Å²) in [6, 6.07) is 9.50. The lowest BCUT2D eigenvalue weighted by Gasteiger charge is -2.20. The van der Waals surface area contributed by atoms with Crippen LogP contribution >= 0.6 is 12.2 Å². The van der Waals surface area contributed by atoms with E-state index >= 15 is 0 Å². The third kappa shape index (κ3) is 2.68. The van der Waals surface area contributed by atoms with Crippen molar-refractivity contribution < 1.29 is 4.84 Å². The molecule has 0 saturated heterocycles. The zero-order valence-electron chi connectivity index (χ0n) is 7.43. The van der Waals surface area contributed by atoms with Gasteiger partial charge in [0.2, 0.25) is 0 Å². The van der Waals surface area contributed by atoms with Gasteiger partial charge < -0.3 is 5.73 Å². The van der Waals surface area contributed by atoms with Gasteiger partial charge in [0.1, 0.15) is 0 Å². The molecule has 0 bridgehead atoms. The van der Waals surface area contributed by atoms with Crippen LogP contribution in [0, 0.1) is 0 Å². The van der Waals surface area contributed by atoms with E-state index in [4.69, 9.17) is 22.8 Å². The lowest BCUT2D eigenvalue weighted by atomic mass is 10.3. The maximum atomic E-state index is 5.49. The Morgan fingerprint density at radius 2 is 2.08 bits per heavy atom. The molecule has 4 heteroatoms. The van der Waals surface area contributed by atoms with Gasteiger partial charge in [-0.1, -0.05) is 18.2 Å². The number of anilines is 1. The SMILES string of the molecule is CCON(C(N)=S)c1ccccc1. The minimum Gasteiger partial charge on any atom is -0.374 e. The number of thiocarbonyl (C=S) groups is 1. The third-order valence-electron chi connectivity index (χ3n) is 1.45. The van der Waals surface area contributed by atoms with Gasteiger partial charge in [0.05, 0.1) is 12.3 Å². The first kappa shape index (κ1) is 9.95. The quantitative estimate of drug-likeness (QED) is 0.590. The van der Waals surface area contributed by atoms with E-state index in [9.17, 15) is 0 Å². The second-order valence-electron chi connectivity index (χ2n) is 2.39. The second-order valence-corrected chi connectivity index (χ2v) is 2.80. The van der Waals surface area contributed by atoms with Crippen molar-refractivity contribution in [2.45, 2.75) is 6.92 Å². The van der Waals surface area contributed by atoms with Crippen molar-refractivity contribution in [1.29, 1.82) is 0 Å². The minimum absolute atomic E-state index is 0.216. The Balaban J connectivity index is 2.82. The maximum absolute atomic E-state index is 5.49. The monoisotopic (exact) mass is 196 g/mol. The molecule has 3 nitrogen and oxygen atoms in total. The number of hydroxylamine groups is 1. The predicted octanol–water partition coefficient (Wildman–Crippen LogP) is 1.69. The fourth-order valence-corrected chi connectivity index (χ4v) is 1.12. The highest BCUT2D eigenvalue weighted by atomic mass is 32.1. The van der Waals surface area contributed by atoms with Crippen molar-refractivity contribution in [1.82, 2.24) is 0 Å². The molecule has 1 aromatic carbocycles. The van der Waals surface area contributed by atoms with Gasteiger partial charge in [-0.2, -0.15) is 5.06 Å². The largest absolute Gasteiger partial charge is 0.374 e. The molecule has 0 spiro atoms. The number of nitrogens with two attached hydrogens (primary N) is 1. The van der Waals surface area contributed by atoms with E-state index < -0.39 is 0 Å². The number of rotatable bonds is 3. The Kier molecular flexibility index (Phi) is 3.67. The highest BCUT2D eigenvalue weighted by Gasteiger charge is 2.07. The van der Waals surface area contributed by atoms with Crippen LogP contribution in [0.4, 0.5) is 5.69 Å². The van der Waals surface area contributed by atoms with Crippen LogP contribution in [0.25, 0.3) is 0 Å². The van der Waals surface area contributed by atoms with Crippen LogP contribution in [-0.4, -0.2) is 11.7 Å². The topological polar surface area (TPSA) is 38.5 Å². The van der Waals surface area contributed by atoms with Gasteiger partial charge in [0.25, 0.3) is 0 Å². The highest BCUT2D eigenvalue weighted by molar-refractivity contribution is 7.80. The maximum Gasteiger partial charge on any atom is 0.195 e. The summed E-state index contributed by atoms with van der Waals surface area (Å²) in [6.07, 6.45) is 0. The summed E-state index contributed by atoms with van der Waals surface area (Å²) in [4.78, 5) is 5.26. The van der Waals surface area contributed by atoms with Crippen LogP contribution in [0.1, 0.15) is 6.92 Å². The number of nitrogens with zero attached hydrogens (tertiary/aromatic N) is 1. The molecule has 0 aliphatic rings. The van der Waals surface area contributed by atoms with Crippen molar-refractivity contribution in [3.63, 3.8) is 0 Å². The van der Waals surface area contributed by atoms with E-state index in [2.05, 4.69) is 0 Å². The van der Waals surface area contributed by atoms with E-state index in [1.807, 2.05) is 37.3 Å². The molecule has 0 heterocycles. The van der Waals surface area contributed by atoms with Crippen LogP contribution < -0.4 is 10.8 Å². The van der Waals surface area contributed by atoms with Gasteiger partial charge in [0, 0.05) is 0 Å². The third-order valence-corrected chi connectivity index (χ3v) is 1.61. The van der Waals surface area contributed by atoms with E-state index in [1.165, 1.54) is 5.06 Å². The molecule has 0 aromatic heterocycles. The number of benzene rings is 1. The summed E-state index contributed by atoms with van der Waals surface area (Å²) in [6.45, 7) is 2.42. The first-order valence-corrected chi connectivity index (χ1v) is 4.44. The molecule has 70 valence electrons.